The second kappa shape index (κ2) is 4.65. The minimum Gasteiger partial charge on any atom is -0.373 e. The van der Waals surface area contributed by atoms with E-state index in [1.54, 1.807) is 6.20 Å². The third-order valence-corrected chi connectivity index (χ3v) is 3.00. The van der Waals surface area contributed by atoms with Crippen molar-refractivity contribution in [2.75, 3.05) is 12.4 Å². The van der Waals surface area contributed by atoms with Crippen LogP contribution in [0, 0.1) is 6.92 Å². The molecule has 2 heterocycles. The molecule has 0 spiro atoms. The Morgan fingerprint density at radius 3 is 2.74 bits per heavy atom. The first-order valence-electron chi connectivity index (χ1n) is 6.15. The van der Waals surface area contributed by atoms with Gasteiger partial charge in [0.05, 0.1) is 11.2 Å². The van der Waals surface area contributed by atoms with Crippen LogP contribution in [0.5, 0.6) is 0 Å². The van der Waals surface area contributed by atoms with Crippen molar-refractivity contribution in [2.45, 2.75) is 6.92 Å². The lowest BCUT2D eigenvalue weighted by Gasteiger charge is -2.08. The van der Waals surface area contributed by atoms with E-state index >= 15 is 0 Å². The molecule has 4 heteroatoms. The maximum Gasteiger partial charge on any atom is 0.130 e. The Kier molecular flexibility index (Phi) is 2.83. The van der Waals surface area contributed by atoms with E-state index in [1.807, 2.05) is 38.2 Å². The number of aryl methyl sites for hydroxylation is 1. The van der Waals surface area contributed by atoms with Gasteiger partial charge in [-0.1, -0.05) is 24.3 Å². The molecule has 1 N–H and O–H groups in total. The van der Waals surface area contributed by atoms with Gasteiger partial charge in [0.15, 0.2) is 0 Å². The van der Waals surface area contributed by atoms with Gasteiger partial charge in [-0.25, -0.2) is 9.97 Å². The van der Waals surface area contributed by atoms with Gasteiger partial charge in [0.1, 0.15) is 11.6 Å². The predicted octanol–water partition coefficient (Wildman–Crippen LogP) is 3.04. The molecule has 0 unspecified atom stereocenters. The molecule has 94 valence electrons. The quantitative estimate of drug-likeness (QED) is 0.759. The number of aromatic nitrogens is 3. The molecule has 0 aliphatic heterocycles. The van der Waals surface area contributed by atoms with Crippen LogP contribution in [0.2, 0.25) is 0 Å². The normalized spacial score (nSPS) is 10.6. The summed E-state index contributed by atoms with van der Waals surface area (Å²) >= 11 is 0. The summed E-state index contributed by atoms with van der Waals surface area (Å²) in [5.41, 5.74) is 2.88. The number of anilines is 1. The molecule has 0 radical (unpaired) electrons. The molecule has 0 aliphatic rings. The van der Waals surface area contributed by atoms with E-state index in [2.05, 4.69) is 32.4 Å². The lowest BCUT2D eigenvalue weighted by atomic mass is 10.1. The Hall–Kier alpha value is -2.49. The van der Waals surface area contributed by atoms with Crippen molar-refractivity contribution < 1.29 is 0 Å². The highest BCUT2D eigenvalue weighted by Crippen LogP contribution is 2.26. The van der Waals surface area contributed by atoms with Crippen LogP contribution in [0.15, 0.2) is 42.6 Å². The van der Waals surface area contributed by atoms with Gasteiger partial charge in [0.2, 0.25) is 0 Å². The van der Waals surface area contributed by atoms with Crippen LogP contribution >= 0.6 is 0 Å². The second-order valence-electron chi connectivity index (χ2n) is 4.32. The summed E-state index contributed by atoms with van der Waals surface area (Å²) in [6.07, 6.45) is 1.80. The Bertz CT molecular complexity index is 732. The first-order chi connectivity index (χ1) is 9.28. The number of hydrogen-bond donors (Lipinski definition) is 1. The molecule has 0 atom stereocenters. The second-order valence-corrected chi connectivity index (χ2v) is 4.32. The fourth-order valence-corrected chi connectivity index (χ4v) is 2.14. The fraction of sp³-hybridized carbons (Fsp3) is 0.133. The minimum atomic E-state index is 0.745. The molecule has 0 aliphatic carbocycles. The summed E-state index contributed by atoms with van der Waals surface area (Å²) in [7, 11) is 1.85. The zero-order chi connectivity index (χ0) is 13.2. The molecule has 0 fully saturated rings. The molecule has 0 amide bonds. The smallest absolute Gasteiger partial charge is 0.130 e. The fourth-order valence-electron chi connectivity index (χ4n) is 2.14. The number of hydrogen-bond acceptors (Lipinski definition) is 4. The van der Waals surface area contributed by atoms with E-state index in [1.165, 1.54) is 0 Å². The van der Waals surface area contributed by atoms with Crippen molar-refractivity contribution >= 4 is 16.7 Å². The van der Waals surface area contributed by atoms with E-state index < -0.39 is 0 Å². The molecule has 1 aromatic carbocycles. The standard InChI is InChI=1S/C15H14N4/c1-10-18-13(9-14(16-2)19-10)12-7-3-5-11-6-4-8-17-15(11)12/h3-9H,1-2H3,(H,16,18,19). The largest absolute Gasteiger partial charge is 0.373 e. The number of nitrogens with one attached hydrogen (secondary N) is 1. The van der Waals surface area contributed by atoms with Crippen molar-refractivity contribution in [3.05, 3.63) is 48.4 Å². The van der Waals surface area contributed by atoms with Crippen LogP contribution in [0.1, 0.15) is 5.82 Å². The summed E-state index contributed by atoms with van der Waals surface area (Å²) in [6, 6.07) is 12.1. The third kappa shape index (κ3) is 2.12. The molecule has 19 heavy (non-hydrogen) atoms. The summed E-state index contributed by atoms with van der Waals surface area (Å²) < 4.78 is 0. The molecular formula is C15H14N4. The highest BCUT2D eigenvalue weighted by molar-refractivity contribution is 5.92. The maximum absolute atomic E-state index is 4.51. The average molecular weight is 250 g/mol. The lowest BCUT2D eigenvalue weighted by molar-refractivity contribution is 1.06. The summed E-state index contributed by atoms with van der Waals surface area (Å²) in [5.74, 6) is 1.56. The predicted molar refractivity (Wildman–Crippen MR) is 77.1 cm³/mol. The van der Waals surface area contributed by atoms with Crippen molar-refractivity contribution in [3.63, 3.8) is 0 Å². The Morgan fingerprint density at radius 1 is 1.05 bits per heavy atom. The Morgan fingerprint density at radius 2 is 1.89 bits per heavy atom. The summed E-state index contributed by atoms with van der Waals surface area (Å²) in [5, 5.41) is 4.17. The molecular weight excluding hydrogens is 236 g/mol. The van der Waals surface area contributed by atoms with Gasteiger partial charge in [-0.15, -0.1) is 0 Å². The monoisotopic (exact) mass is 250 g/mol. The van der Waals surface area contributed by atoms with E-state index in [9.17, 15) is 0 Å². The van der Waals surface area contributed by atoms with Gasteiger partial charge in [-0.05, 0) is 13.0 Å². The van der Waals surface area contributed by atoms with E-state index in [0.717, 1.165) is 33.8 Å². The highest BCUT2D eigenvalue weighted by atomic mass is 15.0. The zero-order valence-electron chi connectivity index (χ0n) is 10.9. The summed E-state index contributed by atoms with van der Waals surface area (Å²) in [4.78, 5) is 13.3. The van der Waals surface area contributed by atoms with Crippen LogP contribution in [0.3, 0.4) is 0 Å². The van der Waals surface area contributed by atoms with Crippen LogP contribution in [-0.2, 0) is 0 Å². The third-order valence-electron chi connectivity index (χ3n) is 3.00. The molecule has 0 saturated heterocycles. The average Bonchev–Trinajstić information content (AvgIpc) is 2.46. The lowest BCUT2D eigenvalue weighted by Crippen LogP contribution is -1.98. The molecule has 3 aromatic rings. The van der Waals surface area contributed by atoms with Gasteiger partial charge in [-0.2, -0.15) is 0 Å². The minimum absolute atomic E-state index is 0.745. The van der Waals surface area contributed by atoms with Crippen LogP contribution in [0.4, 0.5) is 5.82 Å². The molecule has 0 bridgehead atoms. The molecule has 4 nitrogen and oxygen atoms in total. The highest BCUT2D eigenvalue weighted by Gasteiger charge is 2.08. The van der Waals surface area contributed by atoms with E-state index in [4.69, 9.17) is 0 Å². The van der Waals surface area contributed by atoms with E-state index in [0.29, 0.717) is 0 Å². The molecule has 3 rings (SSSR count). The van der Waals surface area contributed by atoms with Crippen molar-refractivity contribution in [3.8, 4) is 11.3 Å². The number of para-hydroxylation sites is 1. The van der Waals surface area contributed by atoms with Crippen LogP contribution in [0.25, 0.3) is 22.2 Å². The van der Waals surface area contributed by atoms with Crippen LogP contribution in [-0.4, -0.2) is 22.0 Å². The zero-order valence-corrected chi connectivity index (χ0v) is 10.9. The number of pyridine rings is 1. The Labute approximate surface area is 111 Å². The Balaban J connectivity index is 2.27. The van der Waals surface area contributed by atoms with Crippen molar-refractivity contribution in [1.82, 2.24) is 15.0 Å². The van der Waals surface area contributed by atoms with Gasteiger partial charge < -0.3 is 5.32 Å². The van der Waals surface area contributed by atoms with Gasteiger partial charge >= 0.3 is 0 Å². The van der Waals surface area contributed by atoms with Gasteiger partial charge in [-0.3, -0.25) is 4.98 Å². The first-order valence-corrected chi connectivity index (χ1v) is 6.15. The SMILES string of the molecule is CNc1cc(-c2cccc3cccnc23)nc(C)n1. The number of fused-ring (bicyclic) bond motifs is 1. The molecule has 0 saturated carbocycles. The van der Waals surface area contributed by atoms with Crippen LogP contribution < -0.4 is 5.32 Å². The summed E-state index contributed by atoms with van der Waals surface area (Å²) in [6.45, 7) is 1.89. The van der Waals surface area contributed by atoms with Crippen molar-refractivity contribution in [1.29, 1.82) is 0 Å². The van der Waals surface area contributed by atoms with Crippen molar-refractivity contribution in [2.24, 2.45) is 0 Å². The number of nitrogens with zero attached hydrogens (tertiary/aromatic N) is 3. The molecule has 2 aromatic heterocycles. The first kappa shape index (κ1) is 11.6. The number of rotatable bonds is 2. The van der Waals surface area contributed by atoms with E-state index in [-0.39, 0.29) is 0 Å². The number of benzene rings is 1. The van der Waals surface area contributed by atoms with Gasteiger partial charge in [0.25, 0.3) is 0 Å². The maximum atomic E-state index is 4.51. The topological polar surface area (TPSA) is 50.7 Å². The van der Waals surface area contributed by atoms with Gasteiger partial charge in [0, 0.05) is 30.3 Å².